The number of rotatable bonds is 8. The Morgan fingerprint density at radius 2 is 1.74 bits per heavy atom. The molecule has 0 bridgehead atoms. The number of aliphatic hydroxyl groups is 1. The topological polar surface area (TPSA) is 96.4 Å². The van der Waals surface area contributed by atoms with Crippen molar-refractivity contribution in [3.63, 3.8) is 0 Å². The molecular weight excluding hydrogens is 436 g/mol. The number of hydrogen-bond acceptors (Lipinski definition) is 6. The second-order valence-corrected chi connectivity index (χ2v) is 8.32. The Bertz CT molecular complexity index is 1160. The van der Waals surface area contributed by atoms with E-state index >= 15 is 0 Å². The molecule has 0 saturated carbocycles. The Labute approximate surface area is 198 Å². The minimum absolute atomic E-state index is 0.118. The highest BCUT2D eigenvalue weighted by molar-refractivity contribution is 6.50. The molecule has 2 aromatic carbocycles. The quantitative estimate of drug-likeness (QED) is 0.279. The molecule has 0 aliphatic carbocycles. The zero-order valence-electron chi connectivity index (χ0n) is 19.5. The molecular formula is C26H28N2O6. The van der Waals surface area contributed by atoms with Crippen molar-refractivity contribution >= 4 is 29.0 Å². The second kappa shape index (κ2) is 9.30. The van der Waals surface area contributed by atoms with Gasteiger partial charge in [0.2, 0.25) is 0 Å². The van der Waals surface area contributed by atoms with Crippen LogP contribution in [0.15, 0.2) is 54.1 Å². The number of carbonyl (C=O) groups is 3. The van der Waals surface area contributed by atoms with Gasteiger partial charge in [-0.05, 0) is 43.2 Å². The second-order valence-electron chi connectivity index (χ2n) is 8.32. The van der Waals surface area contributed by atoms with Crippen molar-refractivity contribution in [2.24, 2.45) is 0 Å². The standard InChI is InChI=1S/C26H28N2O6/c1-4-15-34-18-12-10-17(11-13-18)22(29)21-23(30)24(31)28(14-7-16-33-3)26(21)19-8-5-6-9-20(19)27(2)25(26)32/h5-6,8-13,29H,4,7,14-16H2,1-3H3/b22-21-/t26-/m1/s1. The molecule has 2 aliphatic heterocycles. The van der Waals surface area contributed by atoms with Gasteiger partial charge >= 0.3 is 0 Å². The van der Waals surface area contributed by atoms with Crippen LogP contribution in [-0.4, -0.2) is 61.5 Å². The van der Waals surface area contributed by atoms with Gasteiger partial charge in [0.1, 0.15) is 11.5 Å². The summed E-state index contributed by atoms with van der Waals surface area (Å²) in [5.74, 6) is -1.95. The smallest absolute Gasteiger partial charge is 0.296 e. The third kappa shape index (κ3) is 3.45. The Morgan fingerprint density at radius 3 is 2.41 bits per heavy atom. The average Bonchev–Trinajstić information content (AvgIpc) is 3.21. The summed E-state index contributed by atoms with van der Waals surface area (Å²) in [6, 6.07) is 13.6. The number of Topliss-reactive ketones (excluding diaryl/α,β-unsaturated/α-hetero) is 1. The number of aliphatic hydroxyl groups excluding tert-OH is 1. The summed E-state index contributed by atoms with van der Waals surface area (Å²) in [7, 11) is 3.15. The number of nitrogens with zero attached hydrogens (tertiary/aromatic N) is 2. The average molecular weight is 465 g/mol. The molecule has 1 spiro atoms. The van der Waals surface area contributed by atoms with Crippen LogP contribution < -0.4 is 9.64 Å². The molecule has 2 aromatic rings. The molecule has 8 heteroatoms. The Morgan fingerprint density at radius 1 is 1.03 bits per heavy atom. The molecule has 178 valence electrons. The van der Waals surface area contributed by atoms with E-state index in [-0.39, 0.29) is 12.1 Å². The number of fused-ring (bicyclic) bond motifs is 2. The number of likely N-dealkylation sites (N-methyl/N-ethyl adjacent to an activating group) is 1. The van der Waals surface area contributed by atoms with E-state index in [1.54, 1.807) is 62.7 Å². The molecule has 2 amide bonds. The first-order valence-corrected chi connectivity index (χ1v) is 11.3. The molecule has 1 N–H and O–H groups in total. The minimum Gasteiger partial charge on any atom is -0.507 e. The van der Waals surface area contributed by atoms with E-state index in [0.717, 1.165) is 6.42 Å². The molecule has 2 heterocycles. The summed E-state index contributed by atoms with van der Waals surface area (Å²) in [4.78, 5) is 43.1. The van der Waals surface area contributed by atoms with Crippen LogP contribution in [0.5, 0.6) is 5.75 Å². The Hall–Kier alpha value is -3.65. The van der Waals surface area contributed by atoms with Crippen molar-refractivity contribution in [1.82, 2.24) is 4.90 Å². The highest BCUT2D eigenvalue weighted by Crippen LogP contribution is 2.53. The number of para-hydroxylation sites is 1. The molecule has 1 fully saturated rings. The van der Waals surface area contributed by atoms with Crippen molar-refractivity contribution in [1.29, 1.82) is 0 Å². The lowest BCUT2D eigenvalue weighted by Crippen LogP contribution is -2.51. The molecule has 4 rings (SSSR count). The number of ether oxygens (including phenoxy) is 2. The fourth-order valence-electron chi connectivity index (χ4n) is 4.71. The van der Waals surface area contributed by atoms with Gasteiger partial charge in [0.15, 0.2) is 5.54 Å². The van der Waals surface area contributed by atoms with Gasteiger partial charge in [-0.2, -0.15) is 0 Å². The number of benzene rings is 2. The maximum atomic E-state index is 13.8. The largest absolute Gasteiger partial charge is 0.507 e. The van der Waals surface area contributed by atoms with E-state index in [2.05, 4.69) is 0 Å². The minimum atomic E-state index is -1.74. The van der Waals surface area contributed by atoms with Gasteiger partial charge in [-0.1, -0.05) is 25.1 Å². The third-order valence-electron chi connectivity index (χ3n) is 6.27. The first-order chi connectivity index (χ1) is 16.4. The predicted molar refractivity (Wildman–Crippen MR) is 127 cm³/mol. The number of ketones is 1. The van der Waals surface area contributed by atoms with Crippen LogP contribution in [0.3, 0.4) is 0 Å². The van der Waals surface area contributed by atoms with Gasteiger partial charge in [-0.3, -0.25) is 14.4 Å². The maximum absolute atomic E-state index is 13.8. The van der Waals surface area contributed by atoms with Crippen LogP contribution in [0.25, 0.3) is 5.76 Å². The fraction of sp³-hybridized carbons (Fsp3) is 0.346. The summed E-state index contributed by atoms with van der Waals surface area (Å²) in [6.45, 7) is 3.02. The van der Waals surface area contributed by atoms with Gasteiger partial charge in [0.25, 0.3) is 17.6 Å². The third-order valence-corrected chi connectivity index (χ3v) is 6.27. The van der Waals surface area contributed by atoms with Crippen molar-refractivity contribution in [3.05, 3.63) is 65.2 Å². The first-order valence-electron chi connectivity index (χ1n) is 11.3. The lowest BCUT2D eigenvalue weighted by molar-refractivity contribution is -0.143. The highest BCUT2D eigenvalue weighted by Gasteiger charge is 2.66. The molecule has 1 saturated heterocycles. The van der Waals surface area contributed by atoms with Crippen LogP contribution in [0.1, 0.15) is 30.9 Å². The summed E-state index contributed by atoms with van der Waals surface area (Å²) >= 11 is 0. The molecule has 2 aliphatic rings. The van der Waals surface area contributed by atoms with E-state index in [4.69, 9.17) is 9.47 Å². The summed E-state index contributed by atoms with van der Waals surface area (Å²) in [5.41, 5.74) is -0.574. The van der Waals surface area contributed by atoms with Crippen LogP contribution in [0.2, 0.25) is 0 Å². The van der Waals surface area contributed by atoms with Gasteiger partial charge < -0.3 is 24.4 Å². The van der Waals surface area contributed by atoms with Crippen molar-refractivity contribution in [2.75, 3.05) is 38.8 Å². The lowest BCUT2D eigenvalue weighted by atomic mass is 9.82. The van der Waals surface area contributed by atoms with E-state index in [1.807, 2.05) is 6.92 Å². The molecule has 8 nitrogen and oxygen atoms in total. The van der Waals surface area contributed by atoms with E-state index < -0.39 is 28.9 Å². The van der Waals surface area contributed by atoms with Crippen molar-refractivity contribution in [3.8, 4) is 5.75 Å². The van der Waals surface area contributed by atoms with Crippen LogP contribution >= 0.6 is 0 Å². The molecule has 0 radical (unpaired) electrons. The van der Waals surface area contributed by atoms with Gasteiger partial charge in [-0.25, -0.2) is 0 Å². The zero-order chi connectivity index (χ0) is 24.5. The van der Waals surface area contributed by atoms with Crippen LogP contribution in [-0.2, 0) is 24.7 Å². The van der Waals surface area contributed by atoms with E-state index in [0.29, 0.717) is 42.2 Å². The summed E-state index contributed by atoms with van der Waals surface area (Å²) in [5, 5.41) is 11.4. The molecule has 34 heavy (non-hydrogen) atoms. The maximum Gasteiger partial charge on any atom is 0.296 e. The Kier molecular flexibility index (Phi) is 6.43. The summed E-state index contributed by atoms with van der Waals surface area (Å²) < 4.78 is 10.7. The monoisotopic (exact) mass is 464 g/mol. The van der Waals surface area contributed by atoms with Crippen molar-refractivity contribution < 1.29 is 29.0 Å². The molecule has 0 unspecified atom stereocenters. The number of hydrogen-bond donors (Lipinski definition) is 1. The zero-order valence-corrected chi connectivity index (χ0v) is 19.5. The molecule has 1 atom stereocenters. The number of anilines is 1. The molecule has 0 aromatic heterocycles. The van der Waals surface area contributed by atoms with Gasteiger partial charge in [-0.15, -0.1) is 0 Å². The lowest BCUT2D eigenvalue weighted by Gasteiger charge is -2.34. The van der Waals surface area contributed by atoms with Crippen LogP contribution in [0, 0.1) is 0 Å². The fourth-order valence-corrected chi connectivity index (χ4v) is 4.71. The number of likely N-dealkylation sites (tertiary alicyclic amines) is 1. The number of carbonyl (C=O) groups excluding carboxylic acids is 3. The Balaban J connectivity index is 1.91. The normalized spacial score (nSPS) is 21.0. The van der Waals surface area contributed by atoms with Gasteiger partial charge in [0.05, 0.1) is 12.2 Å². The summed E-state index contributed by atoms with van der Waals surface area (Å²) in [6.07, 6.45) is 1.28. The first kappa shape index (κ1) is 23.5. The SMILES string of the molecule is CCCOc1ccc(/C(O)=C2\C(=O)C(=O)N(CCCOC)[C@@]23C(=O)N(C)c2ccccc23)cc1. The predicted octanol–water partition coefficient (Wildman–Crippen LogP) is 3.06. The highest BCUT2D eigenvalue weighted by atomic mass is 16.5. The van der Waals surface area contributed by atoms with Crippen LogP contribution in [0.4, 0.5) is 5.69 Å². The van der Waals surface area contributed by atoms with Crippen molar-refractivity contribution in [2.45, 2.75) is 25.3 Å². The number of methoxy groups -OCH3 is 1. The van der Waals surface area contributed by atoms with E-state index in [1.165, 1.54) is 9.80 Å². The van der Waals surface area contributed by atoms with Gasteiger partial charge in [0, 0.05) is 44.1 Å². The van der Waals surface area contributed by atoms with E-state index in [9.17, 15) is 19.5 Å². The number of amides is 2.